The van der Waals surface area contributed by atoms with E-state index < -0.39 is 0 Å². The lowest BCUT2D eigenvalue weighted by Gasteiger charge is -2.03. The van der Waals surface area contributed by atoms with Crippen molar-refractivity contribution in [2.24, 2.45) is 5.73 Å². The second-order valence-electron chi connectivity index (χ2n) is 4.41. The molecule has 1 aromatic carbocycles. The molecule has 0 saturated heterocycles. The molecule has 5 heteroatoms. The van der Waals surface area contributed by atoms with Gasteiger partial charge in [-0.1, -0.05) is 18.6 Å². The molecule has 0 aliphatic carbocycles. The maximum absolute atomic E-state index is 5.47. The lowest BCUT2D eigenvalue weighted by Crippen LogP contribution is -1.98. The number of hydrogen-bond acceptors (Lipinski definition) is 4. The van der Waals surface area contributed by atoms with Crippen molar-refractivity contribution in [2.75, 3.05) is 13.7 Å². The van der Waals surface area contributed by atoms with Gasteiger partial charge in [-0.05, 0) is 31.5 Å². The number of nitrogens with two attached hydrogens (primary N) is 1. The summed E-state index contributed by atoms with van der Waals surface area (Å²) in [5.41, 5.74) is 6.38. The van der Waals surface area contributed by atoms with E-state index in [0.717, 1.165) is 49.4 Å². The fraction of sp³-hybridized carbons (Fsp3) is 0.429. The van der Waals surface area contributed by atoms with Crippen LogP contribution >= 0.6 is 0 Å². The Morgan fingerprint density at radius 1 is 1.21 bits per heavy atom. The zero-order valence-corrected chi connectivity index (χ0v) is 11.2. The smallest absolute Gasteiger partial charge is 0.184 e. The van der Waals surface area contributed by atoms with Crippen molar-refractivity contribution in [1.82, 2.24) is 15.2 Å². The minimum Gasteiger partial charge on any atom is -0.496 e. The van der Waals surface area contributed by atoms with Crippen LogP contribution in [0.25, 0.3) is 11.4 Å². The first-order valence-electron chi connectivity index (χ1n) is 6.60. The number of H-pyrrole nitrogens is 1. The number of methoxy groups -OCH3 is 1. The summed E-state index contributed by atoms with van der Waals surface area (Å²) in [6.45, 7) is 0.753. The Kier molecular flexibility index (Phi) is 4.92. The highest BCUT2D eigenvalue weighted by Crippen LogP contribution is 2.26. The van der Waals surface area contributed by atoms with Crippen molar-refractivity contribution < 1.29 is 4.74 Å². The Balaban J connectivity index is 2.04. The molecule has 1 aromatic heterocycles. The molecule has 3 N–H and O–H groups in total. The van der Waals surface area contributed by atoms with Gasteiger partial charge in [0.25, 0.3) is 0 Å². The van der Waals surface area contributed by atoms with Crippen LogP contribution in [0.5, 0.6) is 5.75 Å². The van der Waals surface area contributed by atoms with E-state index in [1.807, 2.05) is 24.3 Å². The molecule has 0 fully saturated rings. The average molecular weight is 260 g/mol. The van der Waals surface area contributed by atoms with Crippen molar-refractivity contribution in [3.63, 3.8) is 0 Å². The van der Waals surface area contributed by atoms with E-state index in [4.69, 9.17) is 10.5 Å². The molecule has 0 aliphatic rings. The van der Waals surface area contributed by atoms with Crippen LogP contribution in [0, 0.1) is 0 Å². The summed E-state index contributed by atoms with van der Waals surface area (Å²) in [6, 6.07) is 7.75. The number of aromatic amines is 1. The van der Waals surface area contributed by atoms with Gasteiger partial charge in [0.1, 0.15) is 11.6 Å². The molecule has 2 aromatic rings. The van der Waals surface area contributed by atoms with Crippen molar-refractivity contribution in [2.45, 2.75) is 25.7 Å². The highest BCUT2D eigenvalue weighted by atomic mass is 16.5. The van der Waals surface area contributed by atoms with Crippen molar-refractivity contribution in [3.05, 3.63) is 30.1 Å². The highest BCUT2D eigenvalue weighted by Gasteiger charge is 2.10. The van der Waals surface area contributed by atoms with Crippen LogP contribution in [0.4, 0.5) is 0 Å². The Labute approximate surface area is 113 Å². The second kappa shape index (κ2) is 6.89. The fourth-order valence-corrected chi connectivity index (χ4v) is 1.97. The standard InChI is InChI=1S/C14H20N4O/c1-19-12-8-5-4-7-11(12)14-16-13(17-18-14)9-3-2-6-10-15/h4-5,7-8H,2-3,6,9-10,15H2,1H3,(H,16,17,18). The summed E-state index contributed by atoms with van der Waals surface area (Å²) in [4.78, 5) is 4.51. The first-order chi connectivity index (χ1) is 9.35. The Bertz CT molecular complexity index is 510. The van der Waals surface area contributed by atoms with Crippen LogP contribution in [0.1, 0.15) is 25.1 Å². The molecule has 1 heterocycles. The molecule has 0 radical (unpaired) electrons. The first kappa shape index (κ1) is 13.5. The van der Waals surface area contributed by atoms with Gasteiger partial charge in [0, 0.05) is 6.42 Å². The van der Waals surface area contributed by atoms with Crippen molar-refractivity contribution in [1.29, 1.82) is 0 Å². The largest absolute Gasteiger partial charge is 0.496 e. The van der Waals surface area contributed by atoms with Gasteiger partial charge in [0.15, 0.2) is 5.82 Å². The van der Waals surface area contributed by atoms with Crippen molar-refractivity contribution in [3.8, 4) is 17.1 Å². The van der Waals surface area contributed by atoms with E-state index in [1.54, 1.807) is 7.11 Å². The minimum atomic E-state index is 0.686. The average Bonchev–Trinajstić information content (AvgIpc) is 2.92. The Morgan fingerprint density at radius 2 is 2.05 bits per heavy atom. The summed E-state index contributed by atoms with van der Waals surface area (Å²) in [5, 5.41) is 7.24. The number of benzene rings is 1. The predicted octanol–water partition coefficient (Wildman–Crippen LogP) is 2.15. The molecule has 0 aliphatic heterocycles. The zero-order chi connectivity index (χ0) is 13.5. The molecule has 5 nitrogen and oxygen atoms in total. The number of hydrogen-bond donors (Lipinski definition) is 2. The molecule has 102 valence electrons. The molecular weight excluding hydrogens is 240 g/mol. The lowest BCUT2D eigenvalue weighted by molar-refractivity contribution is 0.416. The van der Waals surface area contributed by atoms with Gasteiger partial charge in [-0.25, -0.2) is 4.98 Å². The van der Waals surface area contributed by atoms with E-state index >= 15 is 0 Å². The molecule has 0 atom stereocenters. The summed E-state index contributed by atoms with van der Waals surface area (Å²) < 4.78 is 5.31. The summed E-state index contributed by atoms with van der Waals surface area (Å²) in [5.74, 6) is 2.39. The van der Waals surface area contributed by atoms with Crippen LogP contribution in [-0.2, 0) is 6.42 Å². The van der Waals surface area contributed by atoms with Crippen LogP contribution in [0.15, 0.2) is 24.3 Å². The number of unbranched alkanes of at least 4 members (excludes halogenated alkanes) is 2. The predicted molar refractivity (Wildman–Crippen MR) is 75.0 cm³/mol. The van der Waals surface area contributed by atoms with Gasteiger partial charge in [-0.3, -0.25) is 5.10 Å². The Morgan fingerprint density at radius 3 is 2.84 bits per heavy atom. The first-order valence-corrected chi connectivity index (χ1v) is 6.60. The van der Waals surface area contributed by atoms with E-state index in [-0.39, 0.29) is 0 Å². The topological polar surface area (TPSA) is 76.8 Å². The van der Waals surface area contributed by atoms with Gasteiger partial charge < -0.3 is 10.5 Å². The minimum absolute atomic E-state index is 0.686. The van der Waals surface area contributed by atoms with Gasteiger partial charge in [-0.15, -0.1) is 0 Å². The van der Waals surface area contributed by atoms with Gasteiger partial charge in [0.05, 0.1) is 12.7 Å². The summed E-state index contributed by atoms with van der Waals surface area (Å²) >= 11 is 0. The van der Waals surface area contributed by atoms with E-state index in [9.17, 15) is 0 Å². The van der Waals surface area contributed by atoms with Crippen LogP contribution in [-0.4, -0.2) is 28.8 Å². The third-order valence-corrected chi connectivity index (χ3v) is 3.00. The van der Waals surface area contributed by atoms with E-state index in [0.29, 0.717) is 5.82 Å². The number of para-hydroxylation sites is 1. The molecule has 0 spiro atoms. The van der Waals surface area contributed by atoms with Gasteiger partial charge in [-0.2, -0.15) is 5.10 Å². The van der Waals surface area contributed by atoms with Crippen LogP contribution in [0.2, 0.25) is 0 Å². The third kappa shape index (κ3) is 3.54. The van der Waals surface area contributed by atoms with Crippen LogP contribution < -0.4 is 10.5 Å². The van der Waals surface area contributed by atoms with Gasteiger partial charge >= 0.3 is 0 Å². The normalized spacial score (nSPS) is 10.6. The Hall–Kier alpha value is -1.88. The molecule has 19 heavy (non-hydrogen) atoms. The summed E-state index contributed by atoms with van der Waals surface area (Å²) in [6.07, 6.45) is 4.18. The molecule has 0 amide bonds. The number of nitrogens with one attached hydrogen (secondary N) is 1. The molecule has 0 saturated carbocycles. The second-order valence-corrected chi connectivity index (χ2v) is 4.41. The van der Waals surface area contributed by atoms with E-state index in [2.05, 4.69) is 15.2 Å². The monoisotopic (exact) mass is 260 g/mol. The molecule has 0 bridgehead atoms. The number of aromatic nitrogens is 3. The maximum Gasteiger partial charge on any atom is 0.184 e. The quantitative estimate of drug-likeness (QED) is 0.748. The number of rotatable bonds is 7. The summed E-state index contributed by atoms with van der Waals surface area (Å²) in [7, 11) is 1.65. The third-order valence-electron chi connectivity index (χ3n) is 3.00. The number of aryl methyl sites for hydroxylation is 1. The maximum atomic E-state index is 5.47. The fourth-order valence-electron chi connectivity index (χ4n) is 1.97. The van der Waals surface area contributed by atoms with Crippen molar-refractivity contribution >= 4 is 0 Å². The molecule has 0 unspecified atom stereocenters. The van der Waals surface area contributed by atoms with E-state index in [1.165, 1.54) is 0 Å². The van der Waals surface area contributed by atoms with Gasteiger partial charge in [0.2, 0.25) is 0 Å². The SMILES string of the molecule is COc1ccccc1-c1n[nH]c(CCCCCN)n1. The number of nitrogens with zero attached hydrogens (tertiary/aromatic N) is 2. The highest BCUT2D eigenvalue weighted by molar-refractivity contribution is 5.63. The molecular formula is C14H20N4O. The zero-order valence-electron chi connectivity index (χ0n) is 11.2. The van der Waals surface area contributed by atoms with Crippen LogP contribution in [0.3, 0.4) is 0 Å². The number of ether oxygens (including phenoxy) is 1. The lowest BCUT2D eigenvalue weighted by atomic mass is 10.2. The molecule has 2 rings (SSSR count).